The van der Waals surface area contributed by atoms with Gasteiger partial charge >= 0.3 is 99.2 Å². The van der Waals surface area contributed by atoms with E-state index in [9.17, 15) is 0 Å². The Morgan fingerprint density at radius 2 is 0.833 bits per heavy atom. The molecule has 0 heterocycles. The molecule has 0 saturated heterocycles. The van der Waals surface area contributed by atoms with E-state index < -0.39 is 0 Å². The van der Waals surface area contributed by atoms with Crippen molar-refractivity contribution in [2.45, 2.75) is 0 Å². The van der Waals surface area contributed by atoms with Gasteiger partial charge in [-0.1, -0.05) is 90.5 Å². The van der Waals surface area contributed by atoms with E-state index in [1.54, 1.807) is 0 Å². The van der Waals surface area contributed by atoms with Crippen LogP contribution in [-0.4, -0.2) is 3.21 Å². The maximum atomic E-state index is 2.24. The van der Waals surface area contributed by atoms with E-state index >= 15 is 0 Å². The van der Waals surface area contributed by atoms with Gasteiger partial charge in [-0.25, -0.2) is 0 Å². The first kappa shape index (κ1) is 27.7. The molecule has 198 valence electrons. The second-order valence-corrected chi connectivity index (χ2v) is 11.4. The van der Waals surface area contributed by atoms with Gasteiger partial charge in [-0.05, 0) is 0 Å². The molecule has 0 fully saturated rings. The van der Waals surface area contributed by atoms with Gasteiger partial charge in [-0.15, -0.1) is 74.3 Å². The minimum absolute atomic E-state index is 1.29. The fraction of sp³-hybridized carbons (Fsp3) is 0. The summed E-state index contributed by atoms with van der Waals surface area (Å²) < 4.78 is 1.42. The third-order valence-electron chi connectivity index (χ3n) is 7.37. The molecule has 0 aliphatic carbocycles. The van der Waals surface area contributed by atoms with Crippen molar-refractivity contribution < 1.29 is 24.2 Å². The Labute approximate surface area is 262 Å². The van der Waals surface area contributed by atoms with Crippen LogP contribution in [0.25, 0.3) is 43.4 Å². The van der Waals surface area contributed by atoms with Gasteiger partial charge in [-0.3, -0.25) is 0 Å². The molecule has 0 unspecified atom stereocenters. The van der Waals surface area contributed by atoms with Crippen molar-refractivity contribution in [1.82, 2.24) is 0 Å². The molecule has 0 aliphatic heterocycles. The normalized spacial score (nSPS) is 10.5. The van der Waals surface area contributed by atoms with E-state index in [1.807, 2.05) is 6.07 Å². The number of benzene rings is 6. The van der Waals surface area contributed by atoms with Crippen molar-refractivity contribution in [3.63, 3.8) is 0 Å². The summed E-state index contributed by atoms with van der Waals surface area (Å²) in [5.41, 5.74) is 5.25. The van der Waals surface area contributed by atoms with Crippen molar-refractivity contribution in [2.75, 3.05) is 0 Å². The van der Waals surface area contributed by atoms with E-state index in [1.165, 1.54) is 82.0 Å². The number of hydrogen-bond acceptors (Lipinski definition) is 0. The van der Waals surface area contributed by atoms with Crippen molar-refractivity contribution in [1.29, 1.82) is 0 Å². The van der Waals surface area contributed by atoms with Gasteiger partial charge in [0.1, 0.15) is 0 Å². The van der Waals surface area contributed by atoms with Gasteiger partial charge in [-0.2, -0.15) is 0 Å². The first-order valence-electron chi connectivity index (χ1n) is 14.2. The van der Waals surface area contributed by atoms with Crippen LogP contribution in [0.2, 0.25) is 0 Å². The third-order valence-corrected chi connectivity index (χ3v) is 8.79. The maximum absolute atomic E-state index is 2.24. The quantitative estimate of drug-likeness (QED) is 0.174. The van der Waals surface area contributed by atoms with Gasteiger partial charge in [0, 0.05) is 0 Å². The molecule has 0 radical (unpaired) electrons. The van der Waals surface area contributed by atoms with Crippen LogP contribution in [-0.2, 0) is 24.2 Å². The summed E-state index contributed by atoms with van der Waals surface area (Å²) in [5.74, 6) is 0. The molecular formula is C41H30Zr. The van der Waals surface area contributed by atoms with E-state index in [-0.39, 0.29) is 0 Å². The fourth-order valence-electron chi connectivity index (χ4n) is 5.23. The van der Waals surface area contributed by atoms with Crippen LogP contribution in [0.5, 0.6) is 0 Å². The molecule has 42 heavy (non-hydrogen) atoms. The second kappa shape index (κ2) is 13.5. The first-order valence-corrected chi connectivity index (χ1v) is 15.4. The molecule has 0 atom stereocenters. The zero-order valence-electron chi connectivity index (χ0n) is 23.3. The van der Waals surface area contributed by atoms with Gasteiger partial charge < -0.3 is 0 Å². The first-order chi connectivity index (χ1) is 20.8. The summed E-state index contributed by atoms with van der Waals surface area (Å²) in [5, 5.41) is 8.02. The minimum atomic E-state index is 1.29. The summed E-state index contributed by atoms with van der Waals surface area (Å²) in [4.78, 5) is 0. The SMILES string of the molecule is [Zr+2]=[C](c1ccccc1)c1ccccc1.c1ccc(-c2cc3ccccc3[cH-]2)cc1.c1ccc2c(c1)[cH-]c1ccccc12. The average molecular weight is 614 g/mol. The van der Waals surface area contributed by atoms with Gasteiger partial charge in [0.05, 0.1) is 0 Å². The Bertz CT molecular complexity index is 1900. The van der Waals surface area contributed by atoms with Gasteiger partial charge in [0.25, 0.3) is 0 Å². The van der Waals surface area contributed by atoms with E-state index in [0.717, 1.165) is 0 Å². The summed E-state index contributed by atoms with van der Waals surface area (Å²) in [7, 11) is 0. The molecule has 8 rings (SSSR count). The van der Waals surface area contributed by atoms with Gasteiger partial charge in [0.15, 0.2) is 0 Å². The van der Waals surface area contributed by atoms with Crippen molar-refractivity contribution >= 4 is 35.5 Å². The summed E-state index contributed by atoms with van der Waals surface area (Å²) in [6, 6.07) is 63.8. The Kier molecular flexibility index (Phi) is 8.89. The molecule has 8 aromatic rings. The molecule has 0 N–H and O–H groups in total. The predicted molar refractivity (Wildman–Crippen MR) is 178 cm³/mol. The van der Waals surface area contributed by atoms with Crippen molar-refractivity contribution in [2.24, 2.45) is 0 Å². The molecule has 0 aromatic heterocycles. The largest absolute Gasteiger partial charge is 0.145 e. The maximum Gasteiger partial charge on any atom is -0.0635 e. The Morgan fingerprint density at radius 1 is 0.405 bits per heavy atom. The third kappa shape index (κ3) is 6.54. The van der Waals surface area contributed by atoms with Crippen molar-refractivity contribution in [3.8, 4) is 11.1 Å². The minimum Gasteiger partial charge on any atom is -0.145 e. The average Bonchev–Trinajstić information content (AvgIpc) is 3.68. The van der Waals surface area contributed by atoms with E-state index in [4.69, 9.17) is 0 Å². The smallest absolute Gasteiger partial charge is 0.0635 e. The predicted octanol–water partition coefficient (Wildman–Crippen LogP) is 10.7. The molecule has 1 heteroatoms. The van der Waals surface area contributed by atoms with Crippen LogP contribution < -0.4 is 0 Å². The molecular weight excluding hydrogens is 584 g/mol. The van der Waals surface area contributed by atoms with Crippen LogP contribution in [0.1, 0.15) is 11.1 Å². The molecule has 8 aromatic carbocycles. The molecule has 0 nitrogen and oxygen atoms in total. The Hall–Kier alpha value is -4.45. The molecule has 0 aliphatic rings. The Balaban J connectivity index is 0.000000113. The van der Waals surface area contributed by atoms with Crippen LogP contribution in [0, 0.1) is 0 Å². The van der Waals surface area contributed by atoms with Crippen LogP contribution in [0.3, 0.4) is 0 Å². The van der Waals surface area contributed by atoms with E-state index in [0.29, 0.717) is 0 Å². The van der Waals surface area contributed by atoms with Crippen LogP contribution >= 0.6 is 0 Å². The standard InChI is InChI=1S/C15H11.C13H9.C13H10.Zr/c1-2-6-12(7-3-1)15-10-13-8-4-5-9-14(13)11-15;1-3-7-12-10(5-1)9-11-6-2-4-8-13(11)12;1-3-7-12(8-4-1)11-13-9-5-2-6-10-13;/h1-11H;1-9H;1-10H;/q2*-1;;+2. The molecule has 0 amide bonds. The zero-order valence-corrected chi connectivity index (χ0v) is 25.8. The topological polar surface area (TPSA) is 0 Å². The monoisotopic (exact) mass is 612 g/mol. The van der Waals surface area contributed by atoms with Gasteiger partial charge in [0.2, 0.25) is 0 Å². The number of hydrogen-bond donors (Lipinski definition) is 0. The van der Waals surface area contributed by atoms with Crippen molar-refractivity contribution in [3.05, 3.63) is 193 Å². The summed E-state index contributed by atoms with van der Waals surface area (Å²) in [6.07, 6.45) is 0. The van der Waals surface area contributed by atoms with Crippen LogP contribution in [0.4, 0.5) is 0 Å². The van der Waals surface area contributed by atoms with E-state index in [2.05, 4.69) is 176 Å². The summed E-state index contributed by atoms with van der Waals surface area (Å²) in [6.45, 7) is 0. The number of fused-ring (bicyclic) bond motifs is 4. The summed E-state index contributed by atoms with van der Waals surface area (Å²) >= 11 is 1.46. The molecule has 0 spiro atoms. The second-order valence-electron chi connectivity index (χ2n) is 10.2. The molecule has 0 bridgehead atoms. The zero-order chi connectivity index (χ0) is 28.6. The number of rotatable bonds is 3. The Morgan fingerprint density at radius 3 is 1.36 bits per heavy atom. The molecule has 0 saturated carbocycles. The fourth-order valence-corrected chi connectivity index (χ4v) is 6.05. The van der Waals surface area contributed by atoms with Crippen LogP contribution in [0.15, 0.2) is 182 Å².